The highest BCUT2D eigenvalue weighted by Crippen LogP contribution is 2.21. The van der Waals surface area contributed by atoms with E-state index in [1.807, 2.05) is 16.9 Å². The molecule has 0 saturated carbocycles. The van der Waals surface area contributed by atoms with Crippen LogP contribution in [0.1, 0.15) is 30.1 Å². The number of nitrogens with one attached hydrogen (secondary N) is 1. The lowest BCUT2D eigenvalue weighted by molar-refractivity contribution is 0.0662. The molecule has 9 nitrogen and oxygen atoms in total. The van der Waals surface area contributed by atoms with Gasteiger partial charge in [-0.3, -0.25) is 14.8 Å². The molecule has 3 aromatic rings. The highest BCUT2D eigenvalue weighted by molar-refractivity contribution is 5.82. The Bertz CT molecular complexity index is 1070. The summed E-state index contributed by atoms with van der Waals surface area (Å²) in [6, 6.07) is 8.69. The summed E-state index contributed by atoms with van der Waals surface area (Å²) in [6.45, 7) is 1.46. The van der Waals surface area contributed by atoms with Crippen molar-refractivity contribution in [1.82, 2.24) is 19.6 Å². The minimum Gasteiger partial charge on any atom is -0.465 e. The summed E-state index contributed by atoms with van der Waals surface area (Å²) < 4.78 is 8.96. The molecule has 0 unspecified atom stereocenters. The highest BCUT2D eigenvalue weighted by Gasteiger charge is 2.17. The number of carbonyl (C=O) groups is 1. The van der Waals surface area contributed by atoms with Gasteiger partial charge in [-0.25, -0.2) is 9.48 Å². The second-order valence-corrected chi connectivity index (χ2v) is 6.90. The van der Waals surface area contributed by atoms with Crippen LogP contribution in [0.3, 0.4) is 0 Å². The van der Waals surface area contributed by atoms with Crippen molar-refractivity contribution in [2.45, 2.75) is 25.3 Å². The van der Waals surface area contributed by atoms with Gasteiger partial charge in [0.1, 0.15) is 11.4 Å². The van der Waals surface area contributed by atoms with Gasteiger partial charge in [0.05, 0.1) is 18.4 Å². The summed E-state index contributed by atoms with van der Waals surface area (Å²) in [6.07, 6.45) is 6.28. The quantitative estimate of drug-likeness (QED) is 0.686. The van der Waals surface area contributed by atoms with Crippen LogP contribution >= 0.6 is 0 Å². The largest absolute Gasteiger partial charge is 0.465 e. The van der Waals surface area contributed by atoms with E-state index < -0.39 is 6.09 Å². The van der Waals surface area contributed by atoms with E-state index >= 15 is 0 Å². The Morgan fingerprint density at radius 1 is 1.28 bits per heavy atom. The van der Waals surface area contributed by atoms with Crippen molar-refractivity contribution < 1.29 is 14.6 Å². The van der Waals surface area contributed by atoms with E-state index in [1.165, 1.54) is 6.07 Å². The normalized spacial score (nSPS) is 14.6. The molecule has 1 aliphatic rings. The molecule has 4 rings (SSSR count). The van der Waals surface area contributed by atoms with E-state index in [0.717, 1.165) is 37.3 Å². The van der Waals surface area contributed by atoms with Gasteiger partial charge in [-0.05, 0) is 30.5 Å². The SMILES string of the molecule is O=C(O)Nc1cccc(Cc2nn(-c3cnn(C4CCOCC4)c3)ccc2=O)c1. The summed E-state index contributed by atoms with van der Waals surface area (Å²) in [7, 11) is 0. The first kappa shape index (κ1) is 18.9. The molecule has 1 saturated heterocycles. The van der Waals surface area contributed by atoms with Crippen molar-refractivity contribution in [3.8, 4) is 5.69 Å². The first-order valence-corrected chi connectivity index (χ1v) is 9.38. The van der Waals surface area contributed by atoms with Gasteiger partial charge in [0.25, 0.3) is 0 Å². The van der Waals surface area contributed by atoms with E-state index in [2.05, 4.69) is 15.5 Å². The van der Waals surface area contributed by atoms with E-state index in [-0.39, 0.29) is 5.43 Å². The average Bonchev–Trinajstić information content (AvgIpc) is 3.20. The summed E-state index contributed by atoms with van der Waals surface area (Å²) in [5.74, 6) is 0. The summed E-state index contributed by atoms with van der Waals surface area (Å²) in [5.41, 5.74) is 2.22. The average molecular weight is 395 g/mol. The minimum atomic E-state index is -1.14. The predicted octanol–water partition coefficient (Wildman–Crippen LogP) is 2.46. The maximum absolute atomic E-state index is 12.3. The van der Waals surface area contributed by atoms with Gasteiger partial charge < -0.3 is 9.84 Å². The molecule has 9 heteroatoms. The number of aromatic nitrogens is 4. The third-order valence-electron chi connectivity index (χ3n) is 4.85. The van der Waals surface area contributed by atoms with Crippen molar-refractivity contribution in [3.63, 3.8) is 0 Å². The van der Waals surface area contributed by atoms with E-state index in [0.29, 0.717) is 23.8 Å². The standard InChI is InChI=1S/C20H21N5O4/c26-19-4-7-24(17-12-21-25(13-17)16-5-8-29-9-6-16)23-18(19)11-14-2-1-3-15(10-14)22-20(27)28/h1-4,7,10,12-13,16,22H,5-6,8-9,11H2,(H,27,28). The van der Waals surface area contributed by atoms with Crippen LogP contribution in [-0.4, -0.2) is 44.0 Å². The van der Waals surface area contributed by atoms with Gasteiger partial charge in [0, 0.05) is 37.6 Å². The Morgan fingerprint density at radius 3 is 2.90 bits per heavy atom. The van der Waals surface area contributed by atoms with Crippen molar-refractivity contribution >= 4 is 11.8 Å². The second kappa shape index (κ2) is 8.27. The predicted molar refractivity (Wildman–Crippen MR) is 106 cm³/mol. The molecule has 29 heavy (non-hydrogen) atoms. The van der Waals surface area contributed by atoms with Crippen LogP contribution in [0, 0.1) is 0 Å². The topological polar surface area (TPSA) is 111 Å². The smallest absolute Gasteiger partial charge is 0.409 e. The second-order valence-electron chi connectivity index (χ2n) is 6.90. The number of hydrogen-bond donors (Lipinski definition) is 2. The molecule has 1 amide bonds. The van der Waals surface area contributed by atoms with E-state index in [9.17, 15) is 9.59 Å². The van der Waals surface area contributed by atoms with Crippen LogP contribution in [0.5, 0.6) is 0 Å². The summed E-state index contributed by atoms with van der Waals surface area (Å²) in [5, 5.41) is 20.1. The maximum Gasteiger partial charge on any atom is 0.409 e. The van der Waals surface area contributed by atoms with Crippen LogP contribution in [0.25, 0.3) is 5.69 Å². The van der Waals surface area contributed by atoms with Gasteiger partial charge in [-0.15, -0.1) is 0 Å². The minimum absolute atomic E-state index is 0.172. The van der Waals surface area contributed by atoms with Crippen molar-refractivity contribution in [2.24, 2.45) is 0 Å². The molecular formula is C20H21N5O4. The zero-order chi connectivity index (χ0) is 20.2. The molecule has 1 aromatic carbocycles. The Hall–Kier alpha value is -3.46. The van der Waals surface area contributed by atoms with E-state index in [1.54, 1.807) is 35.3 Å². The fourth-order valence-corrected chi connectivity index (χ4v) is 3.38. The number of nitrogens with zero attached hydrogens (tertiary/aromatic N) is 4. The van der Waals surface area contributed by atoms with Gasteiger partial charge in [-0.1, -0.05) is 12.1 Å². The molecule has 2 N–H and O–H groups in total. The van der Waals surface area contributed by atoms with Gasteiger partial charge in [0.15, 0.2) is 0 Å². The molecule has 0 bridgehead atoms. The van der Waals surface area contributed by atoms with Crippen LogP contribution in [0.15, 0.2) is 53.7 Å². The molecule has 0 atom stereocenters. The van der Waals surface area contributed by atoms with Crippen LogP contribution in [0.4, 0.5) is 10.5 Å². The number of anilines is 1. The fraction of sp³-hybridized carbons (Fsp3) is 0.300. The molecule has 1 aliphatic heterocycles. The lowest BCUT2D eigenvalue weighted by Crippen LogP contribution is -2.20. The van der Waals surface area contributed by atoms with Crippen LogP contribution in [0.2, 0.25) is 0 Å². The molecule has 2 aromatic heterocycles. The lowest BCUT2D eigenvalue weighted by Gasteiger charge is -2.22. The Morgan fingerprint density at radius 2 is 2.10 bits per heavy atom. The van der Waals surface area contributed by atoms with Crippen molar-refractivity contribution in [2.75, 3.05) is 18.5 Å². The first-order chi connectivity index (χ1) is 14.1. The van der Waals surface area contributed by atoms with Crippen LogP contribution in [-0.2, 0) is 11.2 Å². The molecule has 0 spiro atoms. The fourth-order valence-electron chi connectivity index (χ4n) is 3.38. The molecule has 0 radical (unpaired) electrons. The number of hydrogen-bond acceptors (Lipinski definition) is 5. The van der Waals surface area contributed by atoms with Gasteiger partial charge >= 0.3 is 6.09 Å². The van der Waals surface area contributed by atoms with Gasteiger partial charge in [-0.2, -0.15) is 10.2 Å². The Kier molecular flexibility index (Phi) is 5.39. The Labute approximate surface area is 166 Å². The van der Waals surface area contributed by atoms with Crippen molar-refractivity contribution in [3.05, 3.63) is 70.4 Å². The third-order valence-corrected chi connectivity index (χ3v) is 4.85. The summed E-state index contributed by atoms with van der Waals surface area (Å²) in [4.78, 5) is 23.1. The summed E-state index contributed by atoms with van der Waals surface area (Å²) >= 11 is 0. The lowest BCUT2D eigenvalue weighted by atomic mass is 10.1. The Balaban J connectivity index is 1.56. The monoisotopic (exact) mass is 395 g/mol. The van der Waals surface area contributed by atoms with Crippen LogP contribution < -0.4 is 10.7 Å². The molecule has 1 fully saturated rings. The number of benzene rings is 1. The number of amides is 1. The number of ether oxygens (including phenoxy) is 1. The van der Waals surface area contributed by atoms with E-state index in [4.69, 9.17) is 9.84 Å². The zero-order valence-electron chi connectivity index (χ0n) is 15.7. The van der Waals surface area contributed by atoms with Crippen molar-refractivity contribution in [1.29, 1.82) is 0 Å². The molecule has 0 aliphatic carbocycles. The maximum atomic E-state index is 12.3. The number of carboxylic acid groups (broad SMARTS) is 1. The zero-order valence-corrected chi connectivity index (χ0v) is 15.7. The third kappa shape index (κ3) is 4.52. The van der Waals surface area contributed by atoms with Gasteiger partial charge in [0.2, 0.25) is 5.43 Å². The first-order valence-electron chi connectivity index (χ1n) is 9.38. The number of rotatable bonds is 5. The molecular weight excluding hydrogens is 374 g/mol. The molecule has 3 heterocycles. The highest BCUT2D eigenvalue weighted by atomic mass is 16.5. The molecule has 150 valence electrons.